The third-order valence-electron chi connectivity index (χ3n) is 2.55. The van der Waals surface area contributed by atoms with Crippen LogP contribution in [0.2, 0.25) is 0 Å². The van der Waals surface area contributed by atoms with Crippen molar-refractivity contribution >= 4 is 25.9 Å². The van der Waals surface area contributed by atoms with Crippen molar-refractivity contribution in [2.75, 3.05) is 4.72 Å². The highest BCUT2D eigenvalue weighted by molar-refractivity contribution is 7.92. The first-order valence-corrected chi connectivity index (χ1v) is 8.98. The highest BCUT2D eigenvalue weighted by Gasteiger charge is 2.22. The first-order valence-electron chi connectivity index (χ1n) is 5.78. The molecule has 114 valence electrons. The zero-order valence-corrected chi connectivity index (χ0v) is 12.7. The summed E-state index contributed by atoms with van der Waals surface area (Å²) in [5.74, 6) is -0.606. The molecule has 2 rings (SSSR count). The molecule has 1 aromatic carbocycles. The summed E-state index contributed by atoms with van der Waals surface area (Å²) in [6.45, 7) is 0. The lowest BCUT2D eigenvalue weighted by Gasteiger charge is -2.06. The lowest BCUT2D eigenvalue weighted by Crippen LogP contribution is -2.19. The number of benzene rings is 1. The monoisotopic (exact) mass is 330 g/mol. The molecule has 0 fully saturated rings. The van der Waals surface area contributed by atoms with Gasteiger partial charge in [-0.25, -0.2) is 22.0 Å². The zero-order valence-electron chi connectivity index (χ0n) is 11.1. The number of aromatic nitrogens is 2. The van der Waals surface area contributed by atoms with Gasteiger partial charge in [-0.15, -0.1) is 0 Å². The number of anilines is 1. The van der Waals surface area contributed by atoms with E-state index in [1.807, 2.05) is 0 Å². The predicted molar refractivity (Wildman–Crippen MR) is 77.3 cm³/mol. The van der Waals surface area contributed by atoms with Crippen LogP contribution in [0, 0.1) is 0 Å². The minimum atomic E-state index is -4.07. The van der Waals surface area contributed by atoms with Crippen LogP contribution < -0.4 is 9.86 Å². The molecule has 8 nitrogen and oxygen atoms in total. The van der Waals surface area contributed by atoms with E-state index in [4.69, 9.17) is 5.14 Å². The number of rotatable bonds is 5. The Bertz CT molecular complexity index is 842. The van der Waals surface area contributed by atoms with Crippen LogP contribution in [0.3, 0.4) is 0 Å². The van der Waals surface area contributed by atoms with Crippen LogP contribution in [0.4, 0.5) is 5.82 Å². The number of primary sulfonamides is 1. The predicted octanol–water partition coefficient (Wildman–Crippen LogP) is 0.00940. The molecule has 10 heteroatoms. The second-order valence-electron chi connectivity index (χ2n) is 4.41. The van der Waals surface area contributed by atoms with Crippen LogP contribution >= 0.6 is 0 Å². The Morgan fingerprint density at radius 2 is 1.81 bits per heavy atom. The fourth-order valence-corrected chi connectivity index (χ4v) is 3.60. The van der Waals surface area contributed by atoms with Gasteiger partial charge in [-0.1, -0.05) is 30.3 Å². The summed E-state index contributed by atoms with van der Waals surface area (Å²) < 4.78 is 50.2. The van der Waals surface area contributed by atoms with Gasteiger partial charge in [0.1, 0.15) is 4.90 Å². The zero-order chi connectivity index (χ0) is 15.7. The standard InChI is InChI=1S/C11H14N4O4S2/c1-15-7-10(21(12,18)19)11(13-15)14-20(16,17)8-9-5-3-2-4-6-9/h2-7H,8H2,1H3,(H,13,14)(H2,12,18,19). The van der Waals surface area contributed by atoms with Gasteiger partial charge >= 0.3 is 0 Å². The molecule has 0 amide bonds. The van der Waals surface area contributed by atoms with Crippen molar-refractivity contribution in [3.05, 3.63) is 42.1 Å². The van der Waals surface area contributed by atoms with Gasteiger partial charge in [-0.3, -0.25) is 9.40 Å². The molecular formula is C11H14N4O4S2. The third kappa shape index (κ3) is 4.03. The van der Waals surface area contributed by atoms with E-state index < -0.39 is 20.0 Å². The van der Waals surface area contributed by atoms with Gasteiger partial charge in [0.2, 0.25) is 20.0 Å². The van der Waals surface area contributed by atoms with Crippen LogP contribution in [-0.4, -0.2) is 26.6 Å². The highest BCUT2D eigenvalue weighted by atomic mass is 32.2. The second kappa shape index (κ2) is 5.47. The maximum atomic E-state index is 12.1. The summed E-state index contributed by atoms with van der Waals surface area (Å²) in [5.41, 5.74) is 0.568. The van der Waals surface area contributed by atoms with Gasteiger partial charge < -0.3 is 0 Å². The van der Waals surface area contributed by atoms with Crippen LogP contribution in [-0.2, 0) is 32.8 Å². The molecule has 0 unspecified atom stereocenters. The highest BCUT2D eigenvalue weighted by Crippen LogP contribution is 2.19. The number of aryl methyl sites for hydroxylation is 1. The number of sulfonamides is 2. The van der Waals surface area contributed by atoms with Gasteiger partial charge in [0.15, 0.2) is 5.82 Å². The molecule has 3 N–H and O–H groups in total. The van der Waals surface area contributed by atoms with Gasteiger partial charge in [0.25, 0.3) is 0 Å². The largest absolute Gasteiger partial charge is 0.272 e. The molecule has 0 aliphatic carbocycles. The van der Waals surface area contributed by atoms with E-state index in [-0.39, 0.29) is 16.5 Å². The topological polar surface area (TPSA) is 124 Å². The first-order chi connectivity index (χ1) is 9.67. The van der Waals surface area contributed by atoms with Crippen molar-refractivity contribution in [3.8, 4) is 0 Å². The Hall–Kier alpha value is -1.91. The molecule has 0 saturated carbocycles. The van der Waals surface area contributed by atoms with Gasteiger partial charge in [-0.2, -0.15) is 5.10 Å². The Morgan fingerprint density at radius 3 is 2.38 bits per heavy atom. The summed E-state index contributed by atoms with van der Waals surface area (Å²) in [7, 11) is -6.41. The molecule has 21 heavy (non-hydrogen) atoms. The maximum Gasteiger partial charge on any atom is 0.243 e. The fraction of sp³-hybridized carbons (Fsp3) is 0.182. The van der Waals surface area contributed by atoms with E-state index in [0.29, 0.717) is 5.56 Å². The second-order valence-corrected chi connectivity index (χ2v) is 7.66. The number of hydrogen-bond acceptors (Lipinski definition) is 5. The summed E-state index contributed by atoms with van der Waals surface area (Å²) >= 11 is 0. The number of nitrogens with zero attached hydrogens (tertiary/aromatic N) is 2. The average molecular weight is 330 g/mol. The summed E-state index contributed by atoms with van der Waals surface area (Å²) in [6, 6.07) is 8.49. The van der Waals surface area contributed by atoms with Crippen molar-refractivity contribution in [2.24, 2.45) is 12.2 Å². The molecule has 1 aromatic heterocycles. The van der Waals surface area contributed by atoms with E-state index in [9.17, 15) is 16.8 Å². The number of nitrogens with one attached hydrogen (secondary N) is 1. The molecular weight excluding hydrogens is 316 g/mol. The van der Waals surface area contributed by atoms with Gasteiger partial charge in [-0.05, 0) is 5.56 Å². The Morgan fingerprint density at radius 1 is 1.19 bits per heavy atom. The van der Waals surface area contributed by atoms with Crippen molar-refractivity contribution in [3.63, 3.8) is 0 Å². The molecule has 2 aromatic rings. The number of hydrogen-bond donors (Lipinski definition) is 2. The lowest BCUT2D eigenvalue weighted by molar-refractivity contribution is 0.598. The van der Waals surface area contributed by atoms with Crippen molar-refractivity contribution in [2.45, 2.75) is 10.6 Å². The molecule has 0 spiro atoms. The smallest absolute Gasteiger partial charge is 0.243 e. The SMILES string of the molecule is Cn1cc(S(N)(=O)=O)c(NS(=O)(=O)Cc2ccccc2)n1. The Balaban J connectivity index is 2.30. The fourth-order valence-electron chi connectivity index (χ4n) is 1.72. The van der Waals surface area contributed by atoms with Crippen LogP contribution in [0.5, 0.6) is 0 Å². The molecule has 0 radical (unpaired) electrons. The number of nitrogens with two attached hydrogens (primary N) is 1. The van der Waals surface area contributed by atoms with Crippen molar-refractivity contribution in [1.29, 1.82) is 0 Å². The summed E-state index contributed by atoms with van der Waals surface area (Å²) in [6.07, 6.45) is 1.13. The summed E-state index contributed by atoms with van der Waals surface area (Å²) in [4.78, 5) is -0.373. The molecule has 0 aliphatic heterocycles. The Labute approximate surface area is 122 Å². The average Bonchev–Trinajstić information content (AvgIpc) is 2.69. The summed E-state index contributed by atoms with van der Waals surface area (Å²) in [5, 5.41) is 8.80. The van der Waals surface area contributed by atoms with E-state index in [0.717, 1.165) is 6.20 Å². The maximum absolute atomic E-state index is 12.1. The van der Waals surface area contributed by atoms with E-state index in [1.54, 1.807) is 30.3 Å². The molecule has 1 heterocycles. The Kier molecular flexibility index (Phi) is 4.03. The van der Waals surface area contributed by atoms with Gasteiger partial charge in [0, 0.05) is 13.2 Å². The van der Waals surface area contributed by atoms with Crippen LogP contribution in [0.1, 0.15) is 5.56 Å². The third-order valence-corrected chi connectivity index (χ3v) is 4.68. The quantitative estimate of drug-likeness (QED) is 0.799. The normalized spacial score (nSPS) is 12.3. The lowest BCUT2D eigenvalue weighted by atomic mass is 10.2. The molecule has 0 atom stereocenters. The first kappa shape index (κ1) is 15.5. The van der Waals surface area contributed by atoms with E-state index in [1.165, 1.54) is 11.7 Å². The minimum absolute atomic E-state index is 0.297. The van der Waals surface area contributed by atoms with Gasteiger partial charge in [0.05, 0.1) is 5.75 Å². The van der Waals surface area contributed by atoms with E-state index in [2.05, 4.69) is 9.82 Å². The van der Waals surface area contributed by atoms with E-state index >= 15 is 0 Å². The minimum Gasteiger partial charge on any atom is -0.272 e. The van der Waals surface area contributed by atoms with Crippen LogP contribution in [0.15, 0.2) is 41.4 Å². The van der Waals surface area contributed by atoms with Crippen LogP contribution in [0.25, 0.3) is 0 Å². The van der Waals surface area contributed by atoms with Crippen molar-refractivity contribution in [1.82, 2.24) is 9.78 Å². The van der Waals surface area contributed by atoms with Crippen molar-refractivity contribution < 1.29 is 16.8 Å². The molecule has 0 saturated heterocycles. The molecule has 0 aliphatic rings. The molecule has 0 bridgehead atoms.